The van der Waals surface area contributed by atoms with Crippen LogP contribution in [0.1, 0.15) is 68.2 Å². The Morgan fingerprint density at radius 1 is 0.328 bits per heavy atom. The third-order valence-electron chi connectivity index (χ3n) is 19.9. The highest BCUT2D eigenvalue weighted by Crippen LogP contribution is 2.44. The Labute approximate surface area is 683 Å². The highest BCUT2D eigenvalue weighted by atomic mass is 19.1. The highest BCUT2D eigenvalue weighted by molar-refractivity contribution is 5.68. The Kier molecular flexibility index (Phi) is 37.7. The molecular formula is C60H84F2N30O30. The smallest absolute Gasteiger partial charge is 0.303 e. The van der Waals surface area contributed by atoms with Gasteiger partial charge in [-0.15, -0.1) is 0 Å². The number of hydrogen-bond donors (Lipinski definition) is 6. The molecule has 0 aromatic rings. The van der Waals surface area contributed by atoms with Crippen molar-refractivity contribution in [3.05, 3.63) is 104 Å². The molecule has 0 bridgehead atoms. The number of carbonyl (C=O) groups is 6. The van der Waals surface area contributed by atoms with Crippen molar-refractivity contribution in [3.8, 4) is 0 Å². The summed E-state index contributed by atoms with van der Waals surface area (Å²) in [5.74, 6) is -7.49. The molecule has 38 atom stereocenters. The first kappa shape index (κ1) is 98.2. The third kappa shape index (κ3) is 24.9. The van der Waals surface area contributed by atoms with Crippen molar-refractivity contribution in [1.29, 1.82) is 0 Å². The van der Waals surface area contributed by atoms with Crippen molar-refractivity contribution in [2.45, 2.75) is 289 Å². The number of ether oxygens (including phenoxy) is 18. The number of esters is 6. The second-order valence-corrected chi connectivity index (χ2v) is 27.9. The van der Waals surface area contributed by atoms with Crippen LogP contribution >= 0.6 is 0 Å². The number of hydrogen-bond acceptors (Lipinski definition) is 40. The summed E-state index contributed by atoms with van der Waals surface area (Å²) in [6.45, 7) is 5.39. The summed E-state index contributed by atoms with van der Waals surface area (Å²) in [5.41, 5.74) is 92.1. The summed E-state index contributed by atoms with van der Waals surface area (Å²) in [5, 5.41) is 99.1. The zero-order valence-corrected chi connectivity index (χ0v) is 65.2. The van der Waals surface area contributed by atoms with Gasteiger partial charge in [-0.25, -0.2) is 8.78 Å². The molecule has 0 spiro atoms. The van der Waals surface area contributed by atoms with E-state index in [1.807, 2.05) is 0 Å². The molecule has 6 saturated heterocycles. The van der Waals surface area contributed by atoms with Crippen LogP contribution in [0.5, 0.6) is 0 Å². The average molecular weight is 1740 g/mol. The molecule has 60 nitrogen and oxygen atoms in total. The van der Waals surface area contributed by atoms with Gasteiger partial charge in [0.05, 0.1) is 93.6 Å². The number of azide groups is 10. The minimum Gasteiger partial charge on any atom is -0.463 e. The molecule has 0 aromatic carbocycles. The first-order valence-electron chi connectivity index (χ1n) is 36.7. The van der Waals surface area contributed by atoms with E-state index in [4.69, 9.17) is 118 Å². The average Bonchev–Trinajstić information content (AvgIpc) is 1.52. The monoisotopic (exact) mass is 1740 g/mol. The Morgan fingerprint density at radius 3 is 1.20 bits per heavy atom. The van der Waals surface area contributed by atoms with Crippen LogP contribution in [0.15, 0.2) is 51.1 Å². The van der Waals surface area contributed by atoms with E-state index in [0.29, 0.717) is 0 Å². The predicted molar refractivity (Wildman–Crippen MR) is 384 cm³/mol. The molecule has 0 amide bonds. The number of rotatable bonds is 34. The highest BCUT2D eigenvalue weighted by Gasteiger charge is 2.61. The molecule has 0 aromatic heterocycles. The van der Waals surface area contributed by atoms with Gasteiger partial charge >= 0.3 is 35.8 Å². The lowest BCUT2D eigenvalue weighted by atomic mass is 9.83. The Morgan fingerprint density at radius 2 is 0.697 bits per heavy atom. The first-order valence-corrected chi connectivity index (χ1v) is 36.7. The van der Waals surface area contributed by atoms with Crippen LogP contribution in [0.4, 0.5) is 8.78 Å². The van der Waals surface area contributed by atoms with E-state index in [0.717, 1.165) is 41.5 Å². The molecule has 8 aliphatic rings. The molecule has 6 aliphatic heterocycles. The number of carbonyl (C=O) groups excluding carboxylic acids is 6. The van der Waals surface area contributed by atoms with E-state index in [9.17, 15) is 81.5 Å². The molecular weight excluding hydrogens is 1660 g/mol. The standard InChI is InChI=1S/C36H48FN15O18.C24H36FN15O12/c1-12-26(60-14(3)54)30(63-17(6)57)22(10-44-49-39)65-34(12)69-31-23(11-59-13(2)53)67-36(33(31)64-18(7)58)70-32-27(61-15(4)55)19(45-50-40)8-20(46-51-41)28(32)68-35-25(47-52-42)24(37)29(62-16(5)56)21(66-35)9-43-48-38;1-6-14(42)17(45)10(4-32-37-27)47-22(6)51-20-11(5-41)49-24(18(20)46)52-21-15(43)7(33-38-28)2-8(34-39-29)19(21)50-23-13(35-40-30)12(25)16(44)9(48-23)3-31-36-26/h12,19-36H,8-11H2,1-7H3;6-24,41-46H,2-5H2,1H3/t12-,19-,20+,21-,22+,23-,24+,25-,26-,27+,28-,29-,30-,31-,32-,33-,34-,35-,36+;6-,7-,8+,9-,10+,11-,12+,13-,14-,15+,16-,17-,18-,19-,20-,21-,22-,23-,24+/m11/s1. The summed E-state index contributed by atoms with van der Waals surface area (Å²) in [4.78, 5) is 101. The lowest BCUT2D eigenvalue weighted by Crippen LogP contribution is -2.63. The van der Waals surface area contributed by atoms with Crippen molar-refractivity contribution in [1.82, 2.24) is 0 Å². The Bertz CT molecular complexity index is 4160. The molecule has 0 radical (unpaired) electrons. The molecule has 0 unspecified atom stereocenters. The fourth-order valence-electron chi connectivity index (χ4n) is 14.5. The molecule has 6 heterocycles. The summed E-state index contributed by atoms with van der Waals surface area (Å²) in [6, 6.07) is -9.65. The quantitative estimate of drug-likeness (QED) is 0.0176. The largest absolute Gasteiger partial charge is 0.463 e. The number of halogens is 2. The minimum atomic E-state index is -2.43. The molecule has 8 fully saturated rings. The SMILES string of the molecule is CC(=O)OC[C@H]1O[C@@H](O[C@@H]2[C@@H](OC(C)=O)[C@H](N=[N+]=[N-])C[C@H](N=[N+]=[N-])[C@H]2O[C@H]2O[C@H](CN=[N+]=[N-])[C@@H](OC(C)=O)[C@@H](F)[C@H]2N=[N+]=[N-])[C@H](OC(C)=O)[C@@H]1O[C@H]1O[C@@H](CN=[N+]=[N-])[C@@H](OC(C)=O)[C@H](OC(C)=O)[C@H]1C.C[C@H]1[C@@H](O[C@H]2[C@@H](O)[C@H](O[C@@H]3[C@@H](O)[C@H](N=[N+]=[N-])C[C@H](N=[N+]=[N-])[C@H]3O[C@H]3O[C@H](CN=[N+]=[N-])[C@@H](O)[C@@H](F)[C@H]3N=[N+]=[N-])O[C@@H]2CO)O[C@@H](CN=[N+]=[N-])[C@@H](O)[C@@H]1O. The second kappa shape index (κ2) is 46.9. The maximum atomic E-state index is 16.4. The topological polar surface area (TPSA) is 878 Å². The van der Waals surface area contributed by atoms with Gasteiger partial charge in [-0.2, -0.15) is 0 Å². The molecule has 8 rings (SSSR count). The van der Waals surface area contributed by atoms with E-state index in [2.05, 4.69) is 100 Å². The normalized spacial score (nSPS) is 39.3. The zero-order chi connectivity index (χ0) is 89.9. The van der Waals surface area contributed by atoms with Crippen LogP contribution in [-0.4, -0.2) is 326 Å². The van der Waals surface area contributed by atoms with Crippen molar-refractivity contribution >= 4 is 35.8 Å². The fourth-order valence-corrected chi connectivity index (χ4v) is 14.5. The van der Waals surface area contributed by atoms with Gasteiger partial charge in [-0.1, -0.05) is 65.0 Å². The number of aliphatic hydroxyl groups is 6. The first-order chi connectivity index (χ1) is 58.2. The van der Waals surface area contributed by atoms with E-state index >= 15 is 8.78 Å². The molecule has 2 aliphatic carbocycles. The van der Waals surface area contributed by atoms with Gasteiger partial charge in [0.2, 0.25) is 0 Å². The lowest BCUT2D eigenvalue weighted by Gasteiger charge is -2.47. The zero-order valence-electron chi connectivity index (χ0n) is 65.2. The second-order valence-electron chi connectivity index (χ2n) is 27.9. The molecule has 6 N–H and O–H groups in total. The van der Waals surface area contributed by atoms with E-state index < -0.39 is 308 Å². The van der Waals surface area contributed by atoms with E-state index in [1.54, 1.807) is 0 Å². The van der Waals surface area contributed by atoms with Crippen molar-refractivity contribution in [2.75, 3.05) is 39.4 Å². The Hall–Kier alpha value is -10.9. The molecule has 668 valence electrons. The van der Waals surface area contributed by atoms with Crippen molar-refractivity contribution < 1.29 is 153 Å². The van der Waals surface area contributed by atoms with Gasteiger partial charge in [0.25, 0.3) is 0 Å². The van der Waals surface area contributed by atoms with Crippen molar-refractivity contribution in [2.24, 2.45) is 63.0 Å². The molecule has 2 saturated carbocycles. The number of nitrogens with zero attached hydrogens (tertiary/aromatic N) is 30. The minimum absolute atomic E-state index is 0.371. The number of alkyl halides is 2. The fraction of sp³-hybridized carbons (Fsp3) is 0.900. The van der Waals surface area contributed by atoms with Crippen LogP contribution in [0, 0.1) is 11.8 Å². The van der Waals surface area contributed by atoms with Gasteiger partial charge in [0, 0.05) is 102 Å². The third-order valence-corrected chi connectivity index (χ3v) is 19.9. The van der Waals surface area contributed by atoms with Gasteiger partial charge in [0.15, 0.2) is 62.2 Å². The van der Waals surface area contributed by atoms with Crippen LogP contribution in [0.3, 0.4) is 0 Å². The predicted octanol–water partition coefficient (Wildman–Crippen LogP) is 3.72. The van der Waals surface area contributed by atoms with Crippen LogP contribution in [0.25, 0.3) is 104 Å². The van der Waals surface area contributed by atoms with Gasteiger partial charge in [-0.05, 0) is 68.2 Å². The Balaban J connectivity index is 0.000000350. The van der Waals surface area contributed by atoms with Crippen LogP contribution in [-0.2, 0) is 114 Å². The summed E-state index contributed by atoms with van der Waals surface area (Å²) in [6.07, 6.45) is -51.6. The summed E-state index contributed by atoms with van der Waals surface area (Å²) < 4.78 is 137. The summed E-state index contributed by atoms with van der Waals surface area (Å²) >= 11 is 0. The van der Waals surface area contributed by atoms with Crippen LogP contribution < -0.4 is 0 Å². The van der Waals surface area contributed by atoms with E-state index in [1.165, 1.54) is 13.8 Å². The maximum Gasteiger partial charge on any atom is 0.303 e. The van der Waals surface area contributed by atoms with E-state index in [-0.39, 0.29) is 13.0 Å². The van der Waals surface area contributed by atoms with Crippen LogP contribution in [0.2, 0.25) is 0 Å². The number of aliphatic hydroxyl groups excluding tert-OH is 6. The molecule has 62 heteroatoms. The molecule has 122 heavy (non-hydrogen) atoms. The lowest BCUT2D eigenvalue weighted by molar-refractivity contribution is -0.306. The van der Waals surface area contributed by atoms with Gasteiger partial charge in [-0.3, -0.25) is 28.8 Å². The van der Waals surface area contributed by atoms with Gasteiger partial charge < -0.3 is 116 Å². The maximum absolute atomic E-state index is 16.4. The van der Waals surface area contributed by atoms with Gasteiger partial charge in [0.1, 0.15) is 104 Å². The van der Waals surface area contributed by atoms with Crippen molar-refractivity contribution in [3.63, 3.8) is 0 Å². The summed E-state index contributed by atoms with van der Waals surface area (Å²) in [7, 11) is 0.